The quantitative estimate of drug-likeness (QED) is 0.572. The molecule has 3 nitrogen and oxygen atoms in total. The van der Waals surface area contributed by atoms with Gasteiger partial charge < -0.3 is 0 Å². The molecule has 0 aliphatic rings. The lowest BCUT2D eigenvalue weighted by molar-refractivity contribution is 0.483. The van der Waals surface area contributed by atoms with E-state index in [2.05, 4.69) is 5.92 Å². The van der Waals surface area contributed by atoms with Crippen molar-refractivity contribution in [3.8, 4) is 12.3 Å². The van der Waals surface area contributed by atoms with Crippen molar-refractivity contribution in [2.24, 2.45) is 0 Å². The fourth-order valence-electron chi connectivity index (χ4n) is 0.723. The lowest BCUT2D eigenvalue weighted by Gasteiger charge is -1.95. The molecule has 0 radical (unpaired) electrons. The minimum atomic E-state index is -4.10. The summed E-state index contributed by atoms with van der Waals surface area (Å²) in [6.07, 6.45) is 5.05. The van der Waals surface area contributed by atoms with E-state index < -0.39 is 10.1 Å². The van der Waals surface area contributed by atoms with Crippen LogP contribution in [0.15, 0.2) is 29.2 Å². The Hall–Kier alpha value is -1.02. The zero-order chi connectivity index (χ0) is 9.19. The van der Waals surface area contributed by atoms with E-state index >= 15 is 0 Å². The molecule has 0 heterocycles. The number of halogens is 1. The van der Waals surface area contributed by atoms with Crippen LogP contribution in [0.1, 0.15) is 5.56 Å². The van der Waals surface area contributed by atoms with E-state index in [1.807, 2.05) is 0 Å². The van der Waals surface area contributed by atoms with Gasteiger partial charge in [0.1, 0.15) is 0 Å². The minimum Gasteiger partial charge on any atom is -0.282 e. The monoisotopic (exact) mass is 218 g/mol. The summed E-state index contributed by atoms with van der Waals surface area (Å²) >= 11 is 0. The Morgan fingerprint density at radius 3 is 2.00 bits per heavy atom. The Balaban J connectivity index is 0.00000144. The molecule has 1 aromatic carbocycles. The smallest absolute Gasteiger partial charge is 0.282 e. The Bertz CT molecular complexity index is 414. The molecule has 1 aromatic rings. The van der Waals surface area contributed by atoms with Crippen LogP contribution in [0, 0.1) is 12.3 Å². The standard InChI is InChI=1S/C8H6O3S.ClH/c1-2-7-3-5-8(6-4-7)12(9,10)11;/h1,3-6H,(H,9,10,11);1H. The maximum Gasteiger partial charge on any atom is 0.294 e. The molecule has 0 bridgehead atoms. The molecule has 0 aliphatic heterocycles. The van der Waals surface area contributed by atoms with Gasteiger partial charge in [-0.3, -0.25) is 4.55 Å². The summed E-state index contributed by atoms with van der Waals surface area (Å²) in [5, 5.41) is 0. The van der Waals surface area contributed by atoms with Crippen LogP contribution in [0.3, 0.4) is 0 Å². The van der Waals surface area contributed by atoms with Gasteiger partial charge in [-0.15, -0.1) is 18.8 Å². The van der Waals surface area contributed by atoms with Gasteiger partial charge in [-0.25, -0.2) is 0 Å². The largest absolute Gasteiger partial charge is 0.294 e. The summed E-state index contributed by atoms with van der Waals surface area (Å²) in [5.41, 5.74) is 0.572. The summed E-state index contributed by atoms with van der Waals surface area (Å²) in [4.78, 5) is -0.151. The van der Waals surface area contributed by atoms with Crippen LogP contribution in [0.2, 0.25) is 0 Å². The average molecular weight is 219 g/mol. The third kappa shape index (κ3) is 3.07. The molecule has 5 heteroatoms. The van der Waals surface area contributed by atoms with E-state index in [0.29, 0.717) is 5.56 Å². The number of hydrogen-bond acceptors (Lipinski definition) is 2. The van der Waals surface area contributed by atoms with Crippen molar-refractivity contribution in [3.63, 3.8) is 0 Å². The van der Waals surface area contributed by atoms with Gasteiger partial charge >= 0.3 is 0 Å². The summed E-state index contributed by atoms with van der Waals surface area (Å²) in [5.74, 6) is 2.33. The lowest BCUT2D eigenvalue weighted by Crippen LogP contribution is -1.97. The summed E-state index contributed by atoms with van der Waals surface area (Å²) in [7, 11) is -4.10. The van der Waals surface area contributed by atoms with E-state index in [9.17, 15) is 8.42 Å². The van der Waals surface area contributed by atoms with Crippen molar-refractivity contribution in [1.29, 1.82) is 0 Å². The van der Waals surface area contributed by atoms with E-state index in [1.54, 1.807) is 0 Å². The van der Waals surface area contributed by atoms with Gasteiger partial charge in [0, 0.05) is 5.56 Å². The highest BCUT2D eigenvalue weighted by molar-refractivity contribution is 7.85. The number of benzene rings is 1. The van der Waals surface area contributed by atoms with E-state index in [4.69, 9.17) is 11.0 Å². The van der Waals surface area contributed by atoms with Gasteiger partial charge in [-0.2, -0.15) is 8.42 Å². The van der Waals surface area contributed by atoms with Crippen molar-refractivity contribution in [1.82, 2.24) is 0 Å². The molecule has 1 rings (SSSR count). The highest BCUT2D eigenvalue weighted by Gasteiger charge is 2.07. The minimum absolute atomic E-state index is 0. The first-order valence-electron chi connectivity index (χ1n) is 3.08. The number of terminal acetylenes is 1. The predicted molar refractivity (Wildman–Crippen MR) is 51.4 cm³/mol. The van der Waals surface area contributed by atoms with Gasteiger partial charge in [-0.1, -0.05) is 5.92 Å². The second kappa shape index (κ2) is 4.28. The van der Waals surface area contributed by atoms with E-state index in [1.165, 1.54) is 24.3 Å². The Morgan fingerprint density at radius 2 is 1.69 bits per heavy atom. The third-order valence-corrected chi connectivity index (χ3v) is 2.19. The van der Waals surface area contributed by atoms with E-state index in [-0.39, 0.29) is 17.3 Å². The van der Waals surface area contributed by atoms with Crippen LogP contribution in [0.4, 0.5) is 0 Å². The highest BCUT2D eigenvalue weighted by Crippen LogP contribution is 2.08. The van der Waals surface area contributed by atoms with Crippen LogP contribution >= 0.6 is 12.4 Å². The summed E-state index contributed by atoms with van der Waals surface area (Å²) < 4.78 is 29.6. The van der Waals surface area contributed by atoms with E-state index in [0.717, 1.165) is 0 Å². The third-order valence-electron chi connectivity index (χ3n) is 1.32. The van der Waals surface area contributed by atoms with Gasteiger partial charge in [-0.05, 0) is 24.3 Å². The van der Waals surface area contributed by atoms with Gasteiger partial charge in [0.2, 0.25) is 0 Å². The molecule has 0 spiro atoms. The molecular formula is C8H7ClO3S. The molecule has 0 saturated heterocycles. The van der Waals surface area contributed by atoms with Crippen molar-refractivity contribution >= 4 is 22.5 Å². The van der Waals surface area contributed by atoms with Crippen LogP contribution in [-0.4, -0.2) is 13.0 Å². The second-order valence-corrected chi connectivity index (χ2v) is 3.57. The lowest BCUT2D eigenvalue weighted by atomic mass is 10.2. The Morgan fingerprint density at radius 1 is 1.23 bits per heavy atom. The molecule has 70 valence electrons. The maximum atomic E-state index is 10.5. The fraction of sp³-hybridized carbons (Fsp3) is 0. The number of hydrogen-bond donors (Lipinski definition) is 1. The van der Waals surface area contributed by atoms with Gasteiger partial charge in [0.15, 0.2) is 0 Å². The maximum absolute atomic E-state index is 10.5. The normalized spacial score (nSPS) is 9.85. The second-order valence-electron chi connectivity index (χ2n) is 2.14. The molecule has 0 amide bonds. The SMILES string of the molecule is C#Cc1ccc(S(=O)(=O)O)cc1.Cl. The first kappa shape index (κ1) is 12.0. The zero-order valence-electron chi connectivity index (χ0n) is 6.47. The van der Waals surface area contributed by atoms with Crippen LogP contribution in [0.5, 0.6) is 0 Å². The van der Waals surface area contributed by atoms with Gasteiger partial charge in [0.05, 0.1) is 4.90 Å². The summed E-state index contributed by atoms with van der Waals surface area (Å²) in [6.45, 7) is 0. The molecule has 0 saturated carbocycles. The Labute approximate surface area is 82.9 Å². The number of rotatable bonds is 1. The molecule has 1 N–H and O–H groups in total. The molecule has 0 aromatic heterocycles. The molecule has 0 aliphatic carbocycles. The molecule has 0 atom stereocenters. The van der Waals surface area contributed by atoms with Crippen LogP contribution in [-0.2, 0) is 10.1 Å². The van der Waals surface area contributed by atoms with Gasteiger partial charge in [0.25, 0.3) is 10.1 Å². The van der Waals surface area contributed by atoms with Crippen LogP contribution < -0.4 is 0 Å². The van der Waals surface area contributed by atoms with Crippen molar-refractivity contribution in [2.45, 2.75) is 4.90 Å². The van der Waals surface area contributed by atoms with Crippen molar-refractivity contribution in [2.75, 3.05) is 0 Å². The zero-order valence-corrected chi connectivity index (χ0v) is 8.10. The molecule has 13 heavy (non-hydrogen) atoms. The molecular weight excluding hydrogens is 212 g/mol. The summed E-state index contributed by atoms with van der Waals surface area (Å²) in [6, 6.07) is 5.40. The fourth-order valence-corrected chi connectivity index (χ4v) is 1.20. The molecule has 0 unspecified atom stereocenters. The highest BCUT2D eigenvalue weighted by atomic mass is 35.5. The van der Waals surface area contributed by atoms with Crippen LogP contribution in [0.25, 0.3) is 0 Å². The first-order valence-corrected chi connectivity index (χ1v) is 4.52. The predicted octanol–water partition coefficient (Wildman–Crippen LogP) is 1.34. The Kier molecular flexibility index (Phi) is 3.95. The average Bonchev–Trinajstić information content (AvgIpc) is 2.03. The molecule has 0 fully saturated rings. The first-order chi connectivity index (χ1) is 5.54. The topological polar surface area (TPSA) is 54.4 Å². The van der Waals surface area contributed by atoms with Crippen molar-refractivity contribution in [3.05, 3.63) is 29.8 Å². The van der Waals surface area contributed by atoms with Crippen molar-refractivity contribution < 1.29 is 13.0 Å².